The largest absolute Gasteiger partial charge is 0.506 e. The fourth-order valence-electron chi connectivity index (χ4n) is 2.49. The third kappa shape index (κ3) is 3.71. The zero-order chi connectivity index (χ0) is 14.8. The van der Waals surface area contributed by atoms with Crippen LogP contribution in [0.2, 0.25) is 0 Å². The first-order valence-corrected chi connectivity index (χ1v) is 6.99. The van der Waals surface area contributed by atoms with E-state index < -0.39 is 0 Å². The second kappa shape index (κ2) is 5.81. The highest BCUT2D eigenvalue weighted by atomic mass is 16.3. The highest BCUT2D eigenvalue weighted by Gasteiger charge is 2.29. The molecular weight excluding hydrogens is 254 g/mol. The van der Waals surface area contributed by atoms with Crippen LogP contribution in [0.25, 0.3) is 0 Å². The Morgan fingerprint density at radius 3 is 2.65 bits per heavy atom. The molecule has 0 atom stereocenters. The van der Waals surface area contributed by atoms with Gasteiger partial charge in [0.25, 0.3) is 5.91 Å². The number of rotatable bonds is 3. The summed E-state index contributed by atoms with van der Waals surface area (Å²) in [6.45, 7) is 6.33. The number of phenolic OH excluding ortho intramolecular Hbond substituents is 1. The smallest absolute Gasteiger partial charge is 0.279 e. The molecule has 1 saturated heterocycles. The lowest BCUT2D eigenvalue weighted by atomic mass is 10.2. The highest BCUT2D eigenvalue weighted by molar-refractivity contribution is 5.93. The average molecular weight is 278 g/mol. The Morgan fingerprint density at radius 2 is 2.05 bits per heavy atom. The van der Waals surface area contributed by atoms with Gasteiger partial charge in [0.15, 0.2) is 6.54 Å². The Labute approximate surface area is 120 Å². The van der Waals surface area contributed by atoms with Crippen LogP contribution in [0.1, 0.15) is 5.56 Å². The van der Waals surface area contributed by atoms with E-state index in [4.69, 9.17) is 0 Å². The van der Waals surface area contributed by atoms with Crippen molar-refractivity contribution in [1.29, 1.82) is 0 Å². The summed E-state index contributed by atoms with van der Waals surface area (Å²) >= 11 is 0. The summed E-state index contributed by atoms with van der Waals surface area (Å²) < 4.78 is 0.753. The van der Waals surface area contributed by atoms with Gasteiger partial charge in [0.05, 0.1) is 25.8 Å². The van der Waals surface area contributed by atoms with Gasteiger partial charge in [-0.2, -0.15) is 0 Å². The molecule has 2 N–H and O–H groups in total. The molecule has 1 aliphatic heterocycles. The number of quaternary nitrogens is 1. The summed E-state index contributed by atoms with van der Waals surface area (Å²) in [6, 6.07) is 5.27. The number of benzene rings is 1. The molecule has 1 fully saturated rings. The van der Waals surface area contributed by atoms with Crippen LogP contribution in [-0.4, -0.2) is 67.2 Å². The Bertz CT molecular complexity index is 494. The van der Waals surface area contributed by atoms with E-state index in [9.17, 15) is 9.90 Å². The molecule has 0 saturated carbocycles. The fourth-order valence-corrected chi connectivity index (χ4v) is 2.49. The fraction of sp³-hybridized carbons (Fsp3) is 0.533. The van der Waals surface area contributed by atoms with Gasteiger partial charge in [0.1, 0.15) is 5.75 Å². The molecule has 0 aliphatic carbocycles. The number of nitrogens with one attached hydrogen (secondary N) is 1. The van der Waals surface area contributed by atoms with Gasteiger partial charge in [-0.1, -0.05) is 6.07 Å². The lowest BCUT2D eigenvalue weighted by Gasteiger charge is -2.40. The normalized spacial score (nSPS) is 18.8. The first-order valence-electron chi connectivity index (χ1n) is 6.99. The molecule has 20 heavy (non-hydrogen) atoms. The van der Waals surface area contributed by atoms with Crippen molar-refractivity contribution in [3.8, 4) is 5.75 Å². The van der Waals surface area contributed by atoms with Gasteiger partial charge >= 0.3 is 0 Å². The third-order valence-corrected chi connectivity index (χ3v) is 4.00. The topological polar surface area (TPSA) is 52.6 Å². The van der Waals surface area contributed by atoms with Crippen LogP contribution in [0.3, 0.4) is 0 Å². The van der Waals surface area contributed by atoms with Crippen LogP contribution in [0, 0.1) is 6.92 Å². The number of hydrogen-bond acceptors (Lipinski definition) is 3. The van der Waals surface area contributed by atoms with E-state index in [-0.39, 0.29) is 11.7 Å². The van der Waals surface area contributed by atoms with E-state index in [0.29, 0.717) is 12.2 Å². The van der Waals surface area contributed by atoms with Crippen molar-refractivity contribution >= 4 is 11.6 Å². The van der Waals surface area contributed by atoms with Crippen molar-refractivity contribution in [2.24, 2.45) is 0 Å². The number of amides is 1. The molecule has 5 nitrogen and oxygen atoms in total. The number of piperazine rings is 1. The molecule has 0 bridgehead atoms. The van der Waals surface area contributed by atoms with E-state index in [1.54, 1.807) is 12.1 Å². The number of aromatic hydroxyl groups is 1. The second-order valence-electron chi connectivity index (χ2n) is 6.10. The molecule has 2 rings (SSSR count). The van der Waals surface area contributed by atoms with Crippen molar-refractivity contribution in [3.63, 3.8) is 0 Å². The van der Waals surface area contributed by atoms with Crippen LogP contribution in [-0.2, 0) is 4.79 Å². The van der Waals surface area contributed by atoms with E-state index in [1.807, 2.05) is 13.0 Å². The molecule has 1 heterocycles. The third-order valence-electron chi connectivity index (χ3n) is 4.00. The molecule has 0 spiro atoms. The molecule has 1 aromatic rings. The number of carbonyl (C=O) groups is 1. The average Bonchev–Trinajstić information content (AvgIpc) is 2.37. The van der Waals surface area contributed by atoms with Crippen molar-refractivity contribution in [2.45, 2.75) is 6.92 Å². The lowest BCUT2D eigenvalue weighted by molar-refractivity contribution is -0.905. The van der Waals surface area contributed by atoms with Crippen LogP contribution < -0.4 is 5.32 Å². The van der Waals surface area contributed by atoms with Gasteiger partial charge in [-0.15, -0.1) is 0 Å². The zero-order valence-corrected chi connectivity index (χ0v) is 12.5. The molecule has 0 aromatic heterocycles. The number of carbonyl (C=O) groups excluding carboxylic acids is 1. The van der Waals surface area contributed by atoms with E-state index in [0.717, 1.165) is 36.2 Å². The molecule has 0 radical (unpaired) electrons. The molecule has 110 valence electrons. The summed E-state index contributed by atoms with van der Waals surface area (Å²) in [5.74, 6) is 0.0792. The second-order valence-corrected chi connectivity index (χ2v) is 6.10. The van der Waals surface area contributed by atoms with E-state index >= 15 is 0 Å². The van der Waals surface area contributed by atoms with Crippen LogP contribution in [0.4, 0.5) is 5.69 Å². The number of phenols is 1. The molecule has 1 amide bonds. The van der Waals surface area contributed by atoms with E-state index in [2.05, 4.69) is 24.3 Å². The summed E-state index contributed by atoms with van der Waals surface area (Å²) in [5, 5.41) is 12.6. The maximum absolute atomic E-state index is 12.2. The Balaban J connectivity index is 1.95. The van der Waals surface area contributed by atoms with Crippen molar-refractivity contribution in [2.75, 3.05) is 52.1 Å². The first kappa shape index (κ1) is 14.8. The quantitative estimate of drug-likeness (QED) is 0.641. The monoisotopic (exact) mass is 278 g/mol. The van der Waals surface area contributed by atoms with Crippen molar-refractivity contribution in [1.82, 2.24) is 4.90 Å². The summed E-state index contributed by atoms with van der Waals surface area (Å²) in [5.41, 5.74) is 1.46. The molecule has 1 aliphatic rings. The molecule has 1 aromatic carbocycles. The van der Waals surface area contributed by atoms with Gasteiger partial charge < -0.3 is 14.9 Å². The molecular formula is C15H24N3O2+. The standard InChI is InChI=1S/C15H23N3O2/c1-12-4-5-13(14(19)10-12)16-15(20)11-18(3)8-6-17(2)7-9-18/h4-5,10H,6-9,11H2,1-3H3,(H-,16,19,20)/p+1. The van der Waals surface area contributed by atoms with Crippen molar-refractivity contribution < 1.29 is 14.4 Å². The minimum Gasteiger partial charge on any atom is -0.506 e. The summed E-state index contributed by atoms with van der Waals surface area (Å²) in [7, 11) is 4.22. The number of nitrogens with zero attached hydrogens (tertiary/aromatic N) is 2. The number of anilines is 1. The Kier molecular flexibility index (Phi) is 4.30. The highest BCUT2D eigenvalue weighted by Crippen LogP contribution is 2.24. The zero-order valence-electron chi connectivity index (χ0n) is 12.5. The minimum absolute atomic E-state index is 0.0452. The van der Waals surface area contributed by atoms with Gasteiger partial charge in [-0.25, -0.2) is 0 Å². The molecule has 0 unspecified atom stereocenters. The molecule has 5 heteroatoms. The van der Waals surface area contributed by atoms with E-state index in [1.165, 1.54) is 0 Å². The maximum atomic E-state index is 12.2. The summed E-state index contributed by atoms with van der Waals surface area (Å²) in [6.07, 6.45) is 0. The Morgan fingerprint density at radius 1 is 1.40 bits per heavy atom. The number of likely N-dealkylation sites (N-methyl/N-ethyl adjacent to an activating group) is 2. The van der Waals surface area contributed by atoms with Crippen LogP contribution in [0.5, 0.6) is 5.75 Å². The van der Waals surface area contributed by atoms with Crippen molar-refractivity contribution in [3.05, 3.63) is 23.8 Å². The summed E-state index contributed by atoms with van der Waals surface area (Å²) in [4.78, 5) is 14.4. The maximum Gasteiger partial charge on any atom is 0.279 e. The van der Waals surface area contributed by atoms with Crippen LogP contribution >= 0.6 is 0 Å². The van der Waals surface area contributed by atoms with Gasteiger partial charge in [-0.3, -0.25) is 9.69 Å². The predicted octanol–water partition coefficient (Wildman–Crippen LogP) is 1.03. The first-order chi connectivity index (χ1) is 9.38. The van der Waals surface area contributed by atoms with Gasteiger partial charge in [0, 0.05) is 13.1 Å². The minimum atomic E-state index is -0.0452. The van der Waals surface area contributed by atoms with Gasteiger partial charge in [0.2, 0.25) is 0 Å². The Hall–Kier alpha value is -1.59. The predicted molar refractivity (Wildman–Crippen MR) is 79.8 cm³/mol. The van der Waals surface area contributed by atoms with Crippen LogP contribution in [0.15, 0.2) is 18.2 Å². The van der Waals surface area contributed by atoms with Gasteiger partial charge in [-0.05, 0) is 31.7 Å². The number of hydrogen-bond donors (Lipinski definition) is 2. The lowest BCUT2D eigenvalue weighted by Crippen LogP contribution is -2.58. The number of aryl methyl sites for hydroxylation is 1. The SMILES string of the molecule is Cc1ccc(NC(=O)C[N+]2(C)CCN(C)CC2)c(O)c1.